The van der Waals surface area contributed by atoms with E-state index in [0.717, 1.165) is 11.1 Å². The molecule has 4 aromatic carbocycles. The fourth-order valence-corrected chi connectivity index (χ4v) is 3.58. The molecular weight excluding hydrogens is 400 g/mol. The topological polar surface area (TPSA) is 72.8 Å². The monoisotopic (exact) mass is 420 g/mol. The zero-order valence-corrected chi connectivity index (χ0v) is 17.3. The Morgan fingerprint density at radius 2 is 1.10 bits per heavy atom. The van der Waals surface area contributed by atoms with Crippen molar-refractivity contribution in [2.45, 2.75) is 18.7 Å². The van der Waals surface area contributed by atoms with Crippen molar-refractivity contribution in [3.8, 4) is 23.0 Å². The summed E-state index contributed by atoms with van der Waals surface area (Å²) in [6.07, 6.45) is 0. The summed E-state index contributed by atoms with van der Waals surface area (Å²) in [7, 11) is -4.36. The molecule has 4 aromatic rings. The van der Waals surface area contributed by atoms with E-state index in [1.165, 1.54) is 12.1 Å². The van der Waals surface area contributed by atoms with Crippen LogP contribution >= 0.6 is 0 Å². The minimum atomic E-state index is -4.36. The van der Waals surface area contributed by atoms with Gasteiger partial charge in [-0.25, -0.2) is 0 Å². The Balaban J connectivity index is 1.82. The Kier molecular flexibility index (Phi) is 5.20. The molecule has 0 aliphatic carbocycles. The molecule has 0 saturated carbocycles. The van der Waals surface area contributed by atoms with Gasteiger partial charge in [-0.15, -0.1) is 0 Å². The summed E-state index contributed by atoms with van der Waals surface area (Å²) >= 11 is 0. The summed E-state index contributed by atoms with van der Waals surface area (Å²) in [5, 5.41) is 1.17. The van der Waals surface area contributed by atoms with Crippen molar-refractivity contribution in [1.82, 2.24) is 0 Å². The van der Waals surface area contributed by atoms with Crippen LogP contribution in [0.2, 0.25) is 0 Å². The Labute approximate surface area is 175 Å². The second kappa shape index (κ2) is 7.82. The van der Waals surface area contributed by atoms with Gasteiger partial charge in [-0.3, -0.25) is 4.55 Å². The lowest BCUT2D eigenvalue weighted by atomic mass is 10.1. The Morgan fingerprint density at radius 3 is 1.57 bits per heavy atom. The fraction of sp³-hybridized carbons (Fsp3) is 0.0833. The molecular formula is C24H20O5S. The average molecular weight is 420 g/mol. The van der Waals surface area contributed by atoms with Gasteiger partial charge in [-0.2, -0.15) is 8.42 Å². The number of aryl methyl sites for hydroxylation is 2. The molecule has 1 N–H and O–H groups in total. The zero-order valence-electron chi connectivity index (χ0n) is 16.5. The van der Waals surface area contributed by atoms with Crippen molar-refractivity contribution in [2.75, 3.05) is 0 Å². The fourth-order valence-electron chi connectivity index (χ4n) is 3.08. The SMILES string of the molecule is Cc1ccc(Oc2ccc(Oc3ccc(C)cc3)c3cc(S(=O)(=O)O)ccc23)cc1. The first-order valence-corrected chi connectivity index (χ1v) is 10.8. The maximum absolute atomic E-state index is 11.7. The summed E-state index contributed by atoms with van der Waals surface area (Å²) in [5.74, 6) is 2.28. The molecule has 0 heterocycles. The van der Waals surface area contributed by atoms with Crippen LogP contribution in [0.4, 0.5) is 0 Å². The van der Waals surface area contributed by atoms with Crippen LogP contribution in [0.5, 0.6) is 23.0 Å². The van der Waals surface area contributed by atoms with Crippen LogP contribution in [-0.4, -0.2) is 13.0 Å². The Bertz CT molecular complexity index is 1310. The number of ether oxygens (including phenoxy) is 2. The summed E-state index contributed by atoms with van der Waals surface area (Å²) in [6.45, 7) is 3.97. The quantitative estimate of drug-likeness (QED) is 0.384. The molecule has 6 heteroatoms. The predicted molar refractivity (Wildman–Crippen MR) is 116 cm³/mol. The van der Waals surface area contributed by atoms with E-state index in [2.05, 4.69) is 0 Å². The van der Waals surface area contributed by atoms with Gasteiger partial charge in [0.15, 0.2) is 0 Å². The van der Waals surface area contributed by atoms with E-state index in [1.807, 2.05) is 62.4 Å². The molecule has 0 spiro atoms. The summed E-state index contributed by atoms with van der Waals surface area (Å²) in [5.41, 5.74) is 2.22. The van der Waals surface area contributed by atoms with E-state index in [0.29, 0.717) is 33.8 Å². The van der Waals surface area contributed by atoms with Crippen molar-refractivity contribution in [2.24, 2.45) is 0 Å². The highest BCUT2D eigenvalue weighted by Crippen LogP contribution is 2.38. The first kappa shape index (κ1) is 19.9. The van der Waals surface area contributed by atoms with Crippen LogP contribution in [0.3, 0.4) is 0 Å². The van der Waals surface area contributed by atoms with E-state index < -0.39 is 10.1 Å². The van der Waals surface area contributed by atoms with Gasteiger partial charge in [0.05, 0.1) is 4.90 Å². The molecule has 4 rings (SSSR count). The van der Waals surface area contributed by atoms with Gasteiger partial charge < -0.3 is 9.47 Å². The van der Waals surface area contributed by atoms with E-state index >= 15 is 0 Å². The van der Waals surface area contributed by atoms with Crippen LogP contribution in [-0.2, 0) is 10.1 Å². The van der Waals surface area contributed by atoms with Crippen LogP contribution < -0.4 is 9.47 Å². The van der Waals surface area contributed by atoms with Crippen molar-refractivity contribution in [3.63, 3.8) is 0 Å². The number of benzene rings is 4. The van der Waals surface area contributed by atoms with Gasteiger partial charge >= 0.3 is 0 Å². The van der Waals surface area contributed by atoms with Crippen molar-refractivity contribution in [1.29, 1.82) is 0 Å². The third-order valence-electron chi connectivity index (χ3n) is 4.70. The Morgan fingerprint density at radius 1 is 0.633 bits per heavy atom. The van der Waals surface area contributed by atoms with Gasteiger partial charge in [0.25, 0.3) is 10.1 Å². The first-order chi connectivity index (χ1) is 14.3. The molecule has 0 saturated heterocycles. The number of rotatable bonds is 5. The van der Waals surface area contributed by atoms with E-state index in [1.54, 1.807) is 18.2 Å². The van der Waals surface area contributed by atoms with Crippen molar-refractivity contribution in [3.05, 3.63) is 90.0 Å². The largest absolute Gasteiger partial charge is 0.457 e. The standard InChI is InChI=1S/C24H20O5S/c1-16-3-7-18(8-4-16)28-23-13-14-24(29-19-9-5-17(2)6-10-19)22-15-20(30(25,26)27)11-12-21(22)23/h3-15H,1-2H3,(H,25,26,27). The van der Waals surface area contributed by atoms with E-state index in [9.17, 15) is 13.0 Å². The van der Waals surface area contributed by atoms with Crippen LogP contribution in [0.25, 0.3) is 10.8 Å². The van der Waals surface area contributed by atoms with Gasteiger partial charge in [-0.1, -0.05) is 35.4 Å². The van der Waals surface area contributed by atoms with Crippen LogP contribution in [0, 0.1) is 13.8 Å². The van der Waals surface area contributed by atoms with Gasteiger partial charge in [-0.05, 0) is 68.4 Å². The van der Waals surface area contributed by atoms with E-state index in [-0.39, 0.29) is 4.90 Å². The summed E-state index contributed by atoms with van der Waals surface area (Å²) in [6, 6.07) is 23.0. The van der Waals surface area contributed by atoms with Crippen LogP contribution in [0.1, 0.15) is 11.1 Å². The molecule has 0 aliphatic heterocycles. The highest BCUT2D eigenvalue weighted by molar-refractivity contribution is 7.85. The molecule has 0 unspecified atom stereocenters. The molecule has 0 radical (unpaired) electrons. The smallest absolute Gasteiger partial charge is 0.294 e. The third-order valence-corrected chi connectivity index (χ3v) is 5.55. The van der Waals surface area contributed by atoms with Gasteiger partial charge in [0.1, 0.15) is 23.0 Å². The molecule has 0 aromatic heterocycles. The number of fused-ring (bicyclic) bond motifs is 1. The molecule has 30 heavy (non-hydrogen) atoms. The van der Waals surface area contributed by atoms with E-state index in [4.69, 9.17) is 9.47 Å². The molecule has 0 amide bonds. The zero-order chi connectivity index (χ0) is 21.3. The lowest BCUT2D eigenvalue weighted by molar-refractivity contribution is 0.476. The second-order valence-electron chi connectivity index (χ2n) is 7.07. The maximum atomic E-state index is 11.7. The lowest BCUT2D eigenvalue weighted by Crippen LogP contribution is -1.98. The maximum Gasteiger partial charge on any atom is 0.294 e. The highest BCUT2D eigenvalue weighted by atomic mass is 32.2. The Hall–Kier alpha value is -3.35. The molecule has 0 aliphatic rings. The number of hydrogen-bond acceptors (Lipinski definition) is 4. The molecule has 152 valence electrons. The normalized spacial score (nSPS) is 11.4. The average Bonchev–Trinajstić information content (AvgIpc) is 2.72. The molecule has 0 fully saturated rings. The number of hydrogen-bond donors (Lipinski definition) is 1. The molecule has 0 atom stereocenters. The van der Waals surface area contributed by atoms with Gasteiger partial charge in [0, 0.05) is 10.8 Å². The summed E-state index contributed by atoms with van der Waals surface area (Å²) in [4.78, 5) is -0.212. The molecule has 0 bridgehead atoms. The molecule has 5 nitrogen and oxygen atoms in total. The minimum absolute atomic E-state index is 0.212. The van der Waals surface area contributed by atoms with Crippen LogP contribution in [0.15, 0.2) is 83.8 Å². The van der Waals surface area contributed by atoms with Crippen molar-refractivity contribution >= 4 is 20.9 Å². The summed E-state index contributed by atoms with van der Waals surface area (Å²) < 4.78 is 44.9. The third kappa shape index (κ3) is 4.30. The first-order valence-electron chi connectivity index (χ1n) is 9.33. The lowest BCUT2D eigenvalue weighted by Gasteiger charge is -2.14. The second-order valence-corrected chi connectivity index (χ2v) is 8.50. The highest BCUT2D eigenvalue weighted by Gasteiger charge is 2.16. The predicted octanol–water partition coefficient (Wildman–Crippen LogP) is 6.29. The van der Waals surface area contributed by atoms with Gasteiger partial charge in [0.2, 0.25) is 0 Å². The van der Waals surface area contributed by atoms with Crippen molar-refractivity contribution < 1.29 is 22.4 Å². The minimum Gasteiger partial charge on any atom is -0.457 e.